The maximum absolute atomic E-state index is 5.41. The minimum atomic E-state index is 0.542. The minimum Gasteiger partial charge on any atom is -0.469 e. The Morgan fingerprint density at radius 2 is 2.20 bits per heavy atom. The topological polar surface area (TPSA) is 43.0 Å². The summed E-state index contributed by atoms with van der Waals surface area (Å²) >= 11 is 0. The standard InChI is InChI=1S/C16H25N3O/c1-3-10-17-15(8-9-16-5-4-11-20-16)7-6-14-12-18-19(2)13-14/h4-5,11-13,15,17H,3,6-10H2,1-2H3. The van der Waals surface area contributed by atoms with Crippen molar-refractivity contribution in [3.8, 4) is 0 Å². The quantitative estimate of drug-likeness (QED) is 0.765. The van der Waals surface area contributed by atoms with Gasteiger partial charge in [-0.25, -0.2) is 0 Å². The van der Waals surface area contributed by atoms with Crippen molar-refractivity contribution in [1.82, 2.24) is 15.1 Å². The first-order valence-electron chi connectivity index (χ1n) is 7.51. The van der Waals surface area contributed by atoms with Crippen molar-refractivity contribution in [2.45, 2.75) is 45.1 Å². The highest BCUT2D eigenvalue weighted by Crippen LogP contribution is 2.11. The van der Waals surface area contributed by atoms with Crippen molar-refractivity contribution in [1.29, 1.82) is 0 Å². The van der Waals surface area contributed by atoms with Crippen LogP contribution in [0.4, 0.5) is 0 Å². The fraction of sp³-hybridized carbons (Fsp3) is 0.562. The van der Waals surface area contributed by atoms with Gasteiger partial charge in [-0.15, -0.1) is 0 Å². The molecule has 2 aromatic heterocycles. The maximum atomic E-state index is 5.41. The fourth-order valence-electron chi connectivity index (χ4n) is 2.41. The summed E-state index contributed by atoms with van der Waals surface area (Å²) in [6.45, 7) is 3.29. The van der Waals surface area contributed by atoms with Gasteiger partial charge in [0.1, 0.15) is 5.76 Å². The van der Waals surface area contributed by atoms with E-state index in [1.165, 1.54) is 12.0 Å². The van der Waals surface area contributed by atoms with Gasteiger partial charge in [-0.2, -0.15) is 5.10 Å². The lowest BCUT2D eigenvalue weighted by atomic mass is 10.0. The van der Waals surface area contributed by atoms with Crippen molar-refractivity contribution in [3.05, 3.63) is 42.1 Å². The molecular formula is C16H25N3O. The number of hydrogen-bond acceptors (Lipinski definition) is 3. The number of furan rings is 1. The van der Waals surface area contributed by atoms with Gasteiger partial charge in [0.15, 0.2) is 0 Å². The van der Waals surface area contributed by atoms with Crippen LogP contribution in [0.1, 0.15) is 37.5 Å². The van der Waals surface area contributed by atoms with Gasteiger partial charge in [-0.05, 0) is 49.9 Å². The van der Waals surface area contributed by atoms with E-state index in [1.807, 2.05) is 24.0 Å². The van der Waals surface area contributed by atoms with Gasteiger partial charge in [0.05, 0.1) is 12.5 Å². The van der Waals surface area contributed by atoms with E-state index in [0.29, 0.717) is 6.04 Å². The zero-order valence-corrected chi connectivity index (χ0v) is 12.5. The molecule has 0 spiro atoms. The average molecular weight is 275 g/mol. The molecule has 1 unspecified atom stereocenters. The van der Waals surface area contributed by atoms with E-state index in [4.69, 9.17) is 4.42 Å². The van der Waals surface area contributed by atoms with Crippen molar-refractivity contribution in [2.24, 2.45) is 7.05 Å². The van der Waals surface area contributed by atoms with E-state index >= 15 is 0 Å². The molecular weight excluding hydrogens is 250 g/mol. The largest absolute Gasteiger partial charge is 0.469 e. The molecule has 4 heteroatoms. The number of aryl methyl sites for hydroxylation is 3. The van der Waals surface area contributed by atoms with Gasteiger partial charge < -0.3 is 9.73 Å². The van der Waals surface area contributed by atoms with Gasteiger partial charge in [0.25, 0.3) is 0 Å². The molecule has 4 nitrogen and oxygen atoms in total. The molecule has 1 N–H and O–H groups in total. The molecule has 0 saturated heterocycles. The van der Waals surface area contributed by atoms with Crippen molar-refractivity contribution in [3.63, 3.8) is 0 Å². The summed E-state index contributed by atoms with van der Waals surface area (Å²) in [4.78, 5) is 0. The van der Waals surface area contributed by atoms with E-state index in [2.05, 4.69) is 29.6 Å². The van der Waals surface area contributed by atoms with Crippen LogP contribution in [0.5, 0.6) is 0 Å². The molecule has 2 aromatic rings. The Bertz CT molecular complexity index is 476. The molecule has 2 heterocycles. The molecule has 20 heavy (non-hydrogen) atoms. The van der Waals surface area contributed by atoms with Crippen LogP contribution in [0, 0.1) is 0 Å². The Balaban J connectivity index is 1.79. The highest BCUT2D eigenvalue weighted by atomic mass is 16.3. The summed E-state index contributed by atoms with van der Waals surface area (Å²) in [5.41, 5.74) is 1.31. The third-order valence-corrected chi connectivity index (χ3v) is 3.54. The Labute approximate surface area is 121 Å². The Hall–Kier alpha value is -1.55. The summed E-state index contributed by atoms with van der Waals surface area (Å²) in [7, 11) is 1.97. The van der Waals surface area contributed by atoms with Crippen LogP contribution in [-0.4, -0.2) is 22.4 Å². The summed E-state index contributed by atoms with van der Waals surface area (Å²) in [6, 6.07) is 4.55. The lowest BCUT2D eigenvalue weighted by Crippen LogP contribution is -2.30. The summed E-state index contributed by atoms with van der Waals surface area (Å²) in [5.74, 6) is 1.08. The Kier molecular flexibility index (Phi) is 5.87. The molecule has 0 fully saturated rings. The second kappa shape index (κ2) is 7.90. The van der Waals surface area contributed by atoms with Crippen LogP contribution in [0.2, 0.25) is 0 Å². The van der Waals surface area contributed by atoms with E-state index in [0.717, 1.165) is 38.0 Å². The van der Waals surface area contributed by atoms with E-state index in [1.54, 1.807) is 6.26 Å². The van der Waals surface area contributed by atoms with E-state index < -0.39 is 0 Å². The first-order chi connectivity index (χ1) is 9.78. The molecule has 0 radical (unpaired) electrons. The second-order valence-electron chi connectivity index (χ2n) is 5.33. The highest BCUT2D eigenvalue weighted by molar-refractivity contribution is 5.04. The molecule has 1 atom stereocenters. The smallest absolute Gasteiger partial charge is 0.103 e. The van der Waals surface area contributed by atoms with Crippen LogP contribution < -0.4 is 5.32 Å². The first-order valence-corrected chi connectivity index (χ1v) is 7.51. The lowest BCUT2D eigenvalue weighted by molar-refractivity contribution is 0.426. The van der Waals surface area contributed by atoms with Gasteiger partial charge in [-0.1, -0.05) is 6.92 Å². The van der Waals surface area contributed by atoms with Crippen LogP contribution in [0.3, 0.4) is 0 Å². The first kappa shape index (κ1) is 14.9. The predicted octanol–water partition coefficient (Wildman–Crippen LogP) is 2.95. The SMILES string of the molecule is CCCNC(CCc1cnn(C)c1)CCc1ccco1. The second-order valence-corrected chi connectivity index (χ2v) is 5.33. The summed E-state index contributed by atoms with van der Waals surface area (Å²) < 4.78 is 7.28. The fourth-order valence-corrected chi connectivity index (χ4v) is 2.41. The van der Waals surface area contributed by atoms with Gasteiger partial charge in [0.2, 0.25) is 0 Å². The van der Waals surface area contributed by atoms with Crippen LogP contribution in [0.25, 0.3) is 0 Å². The zero-order chi connectivity index (χ0) is 14.2. The van der Waals surface area contributed by atoms with E-state index in [-0.39, 0.29) is 0 Å². The highest BCUT2D eigenvalue weighted by Gasteiger charge is 2.10. The molecule has 0 amide bonds. The van der Waals surface area contributed by atoms with Crippen molar-refractivity contribution >= 4 is 0 Å². The number of aromatic nitrogens is 2. The lowest BCUT2D eigenvalue weighted by Gasteiger charge is -2.17. The normalized spacial score (nSPS) is 12.7. The number of rotatable bonds is 9. The zero-order valence-electron chi connectivity index (χ0n) is 12.5. The monoisotopic (exact) mass is 275 g/mol. The van der Waals surface area contributed by atoms with Gasteiger partial charge in [-0.3, -0.25) is 4.68 Å². The number of nitrogens with one attached hydrogen (secondary N) is 1. The molecule has 110 valence electrons. The molecule has 0 aromatic carbocycles. The van der Waals surface area contributed by atoms with E-state index in [9.17, 15) is 0 Å². The molecule has 0 aliphatic heterocycles. The number of nitrogens with zero attached hydrogens (tertiary/aromatic N) is 2. The molecule has 0 aliphatic rings. The molecule has 0 aliphatic carbocycles. The Morgan fingerprint density at radius 1 is 1.35 bits per heavy atom. The van der Waals surface area contributed by atoms with Crippen molar-refractivity contribution in [2.75, 3.05) is 6.54 Å². The maximum Gasteiger partial charge on any atom is 0.103 e. The molecule has 2 rings (SSSR count). The third-order valence-electron chi connectivity index (χ3n) is 3.54. The predicted molar refractivity (Wildman–Crippen MR) is 80.6 cm³/mol. The van der Waals surface area contributed by atoms with Crippen LogP contribution in [-0.2, 0) is 19.9 Å². The summed E-state index contributed by atoms with van der Waals surface area (Å²) in [6.07, 6.45) is 11.3. The van der Waals surface area contributed by atoms with Crippen LogP contribution in [0.15, 0.2) is 35.2 Å². The molecule has 0 saturated carbocycles. The third kappa shape index (κ3) is 4.85. The van der Waals surface area contributed by atoms with Crippen molar-refractivity contribution < 1.29 is 4.42 Å². The average Bonchev–Trinajstić information content (AvgIpc) is 3.09. The molecule has 0 bridgehead atoms. The van der Waals surface area contributed by atoms with Gasteiger partial charge >= 0.3 is 0 Å². The summed E-state index contributed by atoms with van der Waals surface area (Å²) in [5, 5.41) is 7.86. The minimum absolute atomic E-state index is 0.542. The Morgan fingerprint density at radius 3 is 2.85 bits per heavy atom. The van der Waals surface area contributed by atoms with Crippen LogP contribution >= 0.6 is 0 Å². The number of hydrogen-bond donors (Lipinski definition) is 1. The van der Waals surface area contributed by atoms with Gasteiger partial charge in [0, 0.05) is 25.7 Å².